The molecule has 0 radical (unpaired) electrons. The van der Waals surface area contributed by atoms with Crippen LogP contribution >= 0.6 is 0 Å². The molecule has 0 aromatic carbocycles. The van der Waals surface area contributed by atoms with Crippen LogP contribution in [0.4, 0.5) is 4.39 Å². The molecule has 1 aliphatic heterocycles. The fourth-order valence-corrected chi connectivity index (χ4v) is 3.30. The third-order valence-corrected chi connectivity index (χ3v) is 3.97. The normalized spacial score (nSPS) is 33.1. The van der Waals surface area contributed by atoms with E-state index in [-0.39, 0.29) is 11.5 Å². The van der Waals surface area contributed by atoms with Crippen LogP contribution in [0.5, 0.6) is 0 Å². The van der Waals surface area contributed by atoms with E-state index in [9.17, 15) is 12.8 Å². The van der Waals surface area contributed by atoms with E-state index in [0.29, 0.717) is 6.42 Å². The van der Waals surface area contributed by atoms with E-state index in [1.54, 1.807) is 0 Å². The van der Waals surface area contributed by atoms with E-state index in [2.05, 4.69) is 0 Å². The molecule has 3 atom stereocenters. The van der Waals surface area contributed by atoms with E-state index >= 15 is 0 Å². The minimum atomic E-state index is -3.03. The van der Waals surface area contributed by atoms with Crippen LogP contribution in [0, 0.1) is 5.92 Å². The standard InChI is InChI=1S/C7H13FO3S/c1-5(9)7(8)6-2-3-12(10,11)4-6/h5-7,9H,2-4H2,1H3. The van der Waals surface area contributed by atoms with Gasteiger partial charge in [0.2, 0.25) is 0 Å². The van der Waals surface area contributed by atoms with Gasteiger partial charge < -0.3 is 5.11 Å². The van der Waals surface area contributed by atoms with Gasteiger partial charge >= 0.3 is 0 Å². The Kier molecular flexibility index (Phi) is 2.73. The summed E-state index contributed by atoms with van der Waals surface area (Å²) in [5.41, 5.74) is 0. The molecule has 1 heterocycles. The summed E-state index contributed by atoms with van der Waals surface area (Å²) in [7, 11) is -3.03. The van der Waals surface area contributed by atoms with Crippen molar-refractivity contribution >= 4 is 9.84 Å². The molecule has 0 aliphatic carbocycles. The molecule has 0 aromatic rings. The molecule has 5 heteroatoms. The van der Waals surface area contributed by atoms with Crippen molar-refractivity contribution in [1.82, 2.24) is 0 Å². The first-order valence-corrected chi connectivity index (χ1v) is 5.77. The monoisotopic (exact) mass is 196 g/mol. The van der Waals surface area contributed by atoms with E-state index in [4.69, 9.17) is 5.11 Å². The molecule has 72 valence electrons. The van der Waals surface area contributed by atoms with Gasteiger partial charge in [0.1, 0.15) is 6.17 Å². The second kappa shape index (κ2) is 3.30. The van der Waals surface area contributed by atoms with Gasteiger partial charge in [-0.1, -0.05) is 0 Å². The zero-order valence-electron chi connectivity index (χ0n) is 6.90. The number of hydrogen-bond donors (Lipinski definition) is 1. The fourth-order valence-electron chi connectivity index (χ4n) is 1.47. The second-order valence-electron chi connectivity index (χ2n) is 3.35. The lowest BCUT2D eigenvalue weighted by Gasteiger charge is -2.16. The molecule has 0 saturated carbocycles. The molecule has 0 amide bonds. The number of sulfone groups is 1. The number of alkyl halides is 1. The summed E-state index contributed by atoms with van der Waals surface area (Å²) in [5.74, 6) is -0.556. The second-order valence-corrected chi connectivity index (χ2v) is 5.58. The predicted octanol–water partition coefficient (Wildman–Crippen LogP) is 0.140. The van der Waals surface area contributed by atoms with Crippen molar-refractivity contribution in [3.63, 3.8) is 0 Å². The summed E-state index contributed by atoms with van der Waals surface area (Å²) < 4.78 is 34.9. The van der Waals surface area contributed by atoms with E-state index in [1.807, 2.05) is 0 Å². The summed E-state index contributed by atoms with van der Waals surface area (Å²) in [6.45, 7) is 1.34. The van der Waals surface area contributed by atoms with Crippen LogP contribution in [0.25, 0.3) is 0 Å². The molecule has 0 bridgehead atoms. The summed E-state index contributed by atoms with van der Waals surface area (Å²) in [6.07, 6.45) is -2.13. The van der Waals surface area contributed by atoms with Crippen LogP contribution in [0.2, 0.25) is 0 Å². The maximum absolute atomic E-state index is 13.1. The Bertz CT molecular complexity index is 247. The number of aliphatic hydroxyl groups is 1. The van der Waals surface area contributed by atoms with Crippen LogP contribution in [0.3, 0.4) is 0 Å². The molecular weight excluding hydrogens is 183 g/mol. The first kappa shape index (κ1) is 9.92. The van der Waals surface area contributed by atoms with Crippen molar-refractivity contribution in [2.45, 2.75) is 25.6 Å². The number of halogens is 1. The molecule has 1 saturated heterocycles. The predicted molar refractivity (Wildman–Crippen MR) is 43.3 cm³/mol. The van der Waals surface area contributed by atoms with Crippen molar-refractivity contribution in [3.8, 4) is 0 Å². The van der Waals surface area contributed by atoms with Gasteiger partial charge in [-0.15, -0.1) is 0 Å². The van der Waals surface area contributed by atoms with Gasteiger partial charge in [-0.05, 0) is 13.3 Å². The molecule has 0 aromatic heterocycles. The first-order valence-electron chi connectivity index (χ1n) is 3.95. The van der Waals surface area contributed by atoms with Crippen molar-refractivity contribution in [1.29, 1.82) is 0 Å². The first-order chi connectivity index (χ1) is 5.42. The molecule has 0 spiro atoms. The lowest BCUT2D eigenvalue weighted by atomic mass is 10.00. The fraction of sp³-hybridized carbons (Fsp3) is 1.00. The van der Waals surface area contributed by atoms with Crippen molar-refractivity contribution in [2.75, 3.05) is 11.5 Å². The highest BCUT2D eigenvalue weighted by Gasteiger charge is 2.35. The van der Waals surface area contributed by atoms with Gasteiger partial charge in [-0.2, -0.15) is 0 Å². The zero-order valence-corrected chi connectivity index (χ0v) is 7.72. The van der Waals surface area contributed by atoms with Gasteiger partial charge in [0.15, 0.2) is 9.84 Å². The summed E-state index contributed by atoms with van der Waals surface area (Å²) in [6, 6.07) is 0. The topological polar surface area (TPSA) is 54.4 Å². The Hall–Kier alpha value is -0.160. The van der Waals surface area contributed by atoms with Crippen LogP contribution in [-0.4, -0.2) is 37.3 Å². The summed E-state index contributed by atoms with van der Waals surface area (Å²) in [5, 5.41) is 8.88. The van der Waals surface area contributed by atoms with Crippen LogP contribution in [0.1, 0.15) is 13.3 Å². The molecule has 3 nitrogen and oxygen atoms in total. The number of aliphatic hydroxyl groups excluding tert-OH is 1. The van der Waals surface area contributed by atoms with Gasteiger partial charge in [0, 0.05) is 5.92 Å². The average Bonchev–Trinajstić information content (AvgIpc) is 2.28. The Balaban J connectivity index is 2.58. The maximum Gasteiger partial charge on any atom is 0.150 e. The number of hydrogen-bond acceptors (Lipinski definition) is 3. The van der Waals surface area contributed by atoms with Crippen LogP contribution in [0.15, 0.2) is 0 Å². The summed E-state index contributed by atoms with van der Waals surface area (Å²) >= 11 is 0. The maximum atomic E-state index is 13.1. The Morgan fingerprint density at radius 3 is 2.50 bits per heavy atom. The van der Waals surface area contributed by atoms with Crippen LogP contribution < -0.4 is 0 Å². The highest BCUT2D eigenvalue weighted by atomic mass is 32.2. The number of rotatable bonds is 2. The summed E-state index contributed by atoms with van der Waals surface area (Å²) in [4.78, 5) is 0. The minimum absolute atomic E-state index is 0.0603. The lowest BCUT2D eigenvalue weighted by molar-refractivity contribution is 0.0617. The molecule has 1 N–H and O–H groups in total. The highest BCUT2D eigenvalue weighted by molar-refractivity contribution is 7.91. The van der Waals surface area contributed by atoms with Crippen molar-refractivity contribution < 1.29 is 17.9 Å². The minimum Gasteiger partial charge on any atom is -0.390 e. The third kappa shape index (κ3) is 2.17. The molecule has 1 rings (SSSR count). The van der Waals surface area contributed by atoms with Crippen molar-refractivity contribution in [2.24, 2.45) is 5.92 Å². The molecule has 1 aliphatic rings. The van der Waals surface area contributed by atoms with Gasteiger partial charge in [-0.25, -0.2) is 12.8 Å². The van der Waals surface area contributed by atoms with Gasteiger partial charge in [0.25, 0.3) is 0 Å². The zero-order chi connectivity index (χ0) is 9.35. The van der Waals surface area contributed by atoms with Gasteiger partial charge in [0.05, 0.1) is 17.6 Å². The Morgan fingerprint density at radius 1 is 1.58 bits per heavy atom. The SMILES string of the molecule is CC(O)C(F)C1CCS(=O)(=O)C1. The lowest BCUT2D eigenvalue weighted by Crippen LogP contribution is -2.28. The third-order valence-electron chi connectivity index (χ3n) is 2.18. The quantitative estimate of drug-likeness (QED) is 0.683. The van der Waals surface area contributed by atoms with Crippen LogP contribution in [-0.2, 0) is 9.84 Å². The van der Waals surface area contributed by atoms with E-state index < -0.39 is 28.0 Å². The Morgan fingerprint density at radius 2 is 2.17 bits per heavy atom. The molecule has 12 heavy (non-hydrogen) atoms. The van der Waals surface area contributed by atoms with Crippen molar-refractivity contribution in [3.05, 3.63) is 0 Å². The molecule has 1 fully saturated rings. The van der Waals surface area contributed by atoms with Gasteiger partial charge in [-0.3, -0.25) is 0 Å². The molecular formula is C7H13FO3S. The Labute approximate surface area is 71.5 Å². The largest absolute Gasteiger partial charge is 0.390 e. The van der Waals surface area contributed by atoms with E-state index in [1.165, 1.54) is 6.92 Å². The smallest absolute Gasteiger partial charge is 0.150 e. The average molecular weight is 196 g/mol. The molecule has 3 unspecified atom stereocenters. The van der Waals surface area contributed by atoms with E-state index in [0.717, 1.165) is 0 Å². The highest BCUT2D eigenvalue weighted by Crippen LogP contribution is 2.25.